The maximum atomic E-state index is 17.4. The Bertz CT molecular complexity index is 6040. The molecule has 17 N–H and O–H groups in total. The number of nitrogen functional groups attached to an aromatic ring is 4. The Morgan fingerprint density at radius 2 is 0.810 bits per heavy atom. The molecule has 0 saturated carbocycles. The number of hydrogen-bond acceptors (Lipinski definition) is 44. The van der Waals surface area contributed by atoms with Crippen LogP contribution in [0.2, 0.25) is 0 Å². The number of hydrogen-bond donors (Lipinski definition) is 13. The van der Waals surface area contributed by atoms with Crippen molar-refractivity contribution in [2.45, 2.75) is 161 Å². The third kappa shape index (κ3) is 20.0. The van der Waals surface area contributed by atoms with Crippen molar-refractivity contribution in [3.63, 3.8) is 0 Å². The van der Waals surface area contributed by atoms with E-state index in [0.29, 0.717) is 4.57 Å². The van der Waals surface area contributed by atoms with Gasteiger partial charge in [0.2, 0.25) is 5.95 Å². The molecule has 0 spiro atoms. The molecule has 29 atom stereocenters. The molecule has 6 fully saturated rings. The first-order valence-corrected chi connectivity index (χ1v) is 46.6. The molecule has 14 heterocycles. The van der Waals surface area contributed by atoms with Crippen molar-refractivity contribution < 1.29 is 145 Å². The summed E-state index contributed by atoms with van der Waals surface area (Å²) in [5.74, 6) is -0.858. The molecule has 8 aromatic heterocycles. The lowest BCUT2D eigenvalue weighted by Gasteiger charge is -2.29. The van der Waals surface area contributed by atoms with Gasteiger partial charge in [-0.2, -0.15) is 15.0 Å². The molecule has 6 aliphatic rings. The molecule has 690 valence electrons. The smallest absolute Gasteiger partial charge is 0.387 e. The number of ether oxygens (including phenoxy) is 10. The summed E-state index contributed by atoms with van der Waals surface area (Å²) < 4.78 is 197. The molecule has 0 aromatic carbocycles. The predicted molar refractivity (Wildman–Crippen MR) is 420 cm³/mol. The molecular weight excluding hydrogens is 1850 g/mol. The highest BCUT2D eigenvalue weighted by atomic mass is 32.5. The van der Waals surface area contributed by atoms with Crippen LogP contribution in [0.5, 0.6) is 0 Å². The van der Waals surface area contributed by atoms with Crippen molar-refractivity contribution in [1.29, 1.82) is 0 Å². The number of nitrogens with two attached hydrogens (primary N) is 4. The molecule has 65 heteroatoms. The minimum atomic E-state index is -6.01. The summed E-state index contributed by atoms with van der Waals surface area (Å²) in [7, 11) is -13.0. The first-order valence-electron chi connectivity index (χ1n) is 36.9. The number of H-pyrrole nitrogens is 3. The van der Waals surface area contributed by atoms with Crippen LogP contribution in [0.1, 0.15) is 50.7 Å². The molecule has 8 aromatic rings. The number of aromatic amines is 3. The molecule has 6 aliphatic heterocycles. The first-order chi connectivity index (χ1) is 59.6. The van der Waals surface area contributed by atoms with Crippen LogP contribution < -0.4 is 62.4 Å². The van der Waals surface area contributed by atoms with Gasteiger partial charge in [-0.15, -0.1) is 0 Å². The van der Waals surface area contributed by atoms with Crippen molar-refractivity contribution in [3.05, 3.63) is 141 Å². The van der Waals surface area contributed by atoms with E-state index >= 15 is 8.78 Å². The highest BCUT2D eigenvalue weighted by molar-refractivity contribution is 8.07. The molecule has 0 radical (unpaired) electrons. The molecular formula is C61H79F2N20O36P5S2. The predicted octanol–water partition coefficient (Wildman–Crippen LogP) is -3.46. The number of methoxy groups -OCH3 is 4. The second-order valence-electron chi connectivity index (χ2n) is 28.1. The largest absolute Gasteiger partial charge is 0.472 e. The lowest BCUT2D eigenvalue weighted by atomic mass is 10.1. The van der Waals surface area contributed by atoms with Crippen LogP contribution in [0.25, 0.3) is 22.3 Å². The fourth-order valence-corrected chi connectivity index (χ4v) is 20.4. The van der Waals surface area contributed by atoms with E-state index in [4.69, 9.17) is 139 Å². The number of alkyl halides is 2. The Kier molecular flexibility index (Phi) is 28.3. The van der Waals surface area contributed by atoms with Crippen LogP contribution >= 0.6 is 36.9 Å². The van der Waals surface area contributed by atoms with Crippen molar-refractivity contribution in [2.24, 2.45) is 0 Å². The van der Waals surface area contributed by atoms with Crippen LogP contribution in [-0.4, -0.2) is 278 Å². The van der Waals surface area contributed by atoms with Crippen LogP contribution in [0.15, 0.2) is 102 Å². The summed E-state index contributed by atoms with van der Waals surface area (Å²) >= 11 is 11.1. The van der Waals surface area contributed by atoms with Gasteiger partial charge in [-0.25, -0.2) is 61.6 Å². The first kappa shape index (κ1) is 94.2. The van der Waals surface area contributed by atoms with Gasteiger partial charge in [-0.3, -0.25) is 92.9 Å². The number of nitrogens with one attached hydrogen (secondary N) is 3. The number of nitrogens with zero attached hydrogens (tertiary/aromatic N) is 13. The molecule has 126 heavy (non-hydrogen) atoms. The Morgan fingerprint density at radius 3 is 1.29 bits per heavy atom. The fraction of sp³-hybridized carbons (Fsp3) is 0.574. The van der Waals surface area contributed by atoms with Crippen LogP contribution in [0.3, 0.4) is 0 Å². The van der Waals surface area contributed by atoms with E-state index in [0.717, 1.165) is 81.9 Å². The summed E-state index contributed by atoms with van der Waals surface area (Å²) in [6.07, 6.45) is -36.6. The molecule has 0 amide bonds. The number of fused-ring (bicyclic) bond motifs is 2. The van der Waals surface area contributed by atoms with Gasteiger partial charge in [0.15, 0.2) is 72.3 Å². The summed E-state index contributed by atoms with van der Waals surface area (Å²) in [5, 5.41) is 11.3. The number of phosphoric ester groups is 3. The number of phosphoric acid groups is 3. The Labute approximate surface area is 711 Å². The van der Waals surface area contributed by atoms with Crippen molar-refractivity contribution in [1.82, 2.24) is 77.2 Å². The maximum absolute atomic E-state index is 17.4. The SMILES string of the molecule is CC[C@H]1O[C@@H](n2ccc(N)nc2=O)[C@@H](F)C1OP(=O)(O)OC[C@H]1O[C@@H](n2cnc3c(=O)[nH]c(N)nc32)[C@@H](OC)C1OP(=O)(O)OC[C@H]1O[C@@H](n2ccc(=O)[nH]c2=O)[C@@H](F)C1OP(=O)(O)OC[C@H]1O[C@@H](n2ccc(=O)[nH]c2=O)[C@@H](OC)C1OP(O)(=S)OC[C@H]1O[C@@H](n2cnc3c(N)ncnc32)[C@@H](OC)C1OP(O)(=S)OC[C@H]1O[C@@H](n2ccc(N)nc2=O)[C@@H](OC)C1O. The summed E-state index contributed by atoms with van der Waals surface area (Å²) in [4.78, 5) is 183. The maximum Gasteiger partial charge on any atom is 0.472 e. The van der Waals surface area contributed by atoms with Crippen LogP contribution in [0, 0.1) is 0 Å². The minimum Gasteiger partial charge on any atom is -0.387 e. The van der Waals surface area contributed by atoms with Crippen molar-refractivity contribution >= 4 is 106 Å². The number of rotatable bonds is 36. The number of aliphatic hydroxyl groups is 1. The van der Waals surface area contributed by atoms with Gasteiger partial charge in [0.05, 0.1) is 51.8 Å². The van der Waals surface area contributed by atoms with E-state index in [1.165, 1.54) is 44.3 Å². The van der Waals surface area contributed by atoms with Crippen LogP contribution in [-0.2, 0) is 130 Å². The molecule has 0 bridgehead atoms. The average molecular weight is 1930 g/mol. The third-order valence-electron chi connectivity index (χ3n) is 20.4. The van der Waals surface area contributed by atoms with E-state index in [2.05, 4.69) is 39.9 Å². The van der Waals surface area contributed by atoms with Gasteiger partial charge in [0.25, 0.3) is 16.7 Å². The van der Waals surface area contributed by atoms with Gasteiger partial charge in [-0.05, 0) is 42.2 Å². The summed E-state index contributed by atoms with van der Waals surface area (Å²) in [5.41, 5.74) is 15.5. The lowest BCUT2D eigenvalue weighted by molar-refractivity contribution is -0.0672. The third-order valence-corrected chi connectivity index (χ3v) is 26.4. The number of anilines is 4. The minimum absolute atomic E-state index is 0.0647. The highest BCUT2D eigenvalue weighted by Gasteiger charge is 2.58. The van der Waals surface area contributed by atoms with Gasteiger partial charge < -0.3 is 109 Å². The molecule has 6 saturated heterocycles. The number of aliphatic hydroxyl groups excluding tert-OH is 1. The summed E-state index contributed by atoms with van der Waals surface area (Å²) in [6.45, 7) is -13.8. The van der Waals surface area contributed by atoms with E-state index < -0.39 is 263 Å². The number of aromatic nitrogens is 16. The van der Waals surface area contributed by atoms with Gasteiger partial charge >= 0.3 is 59.7 Å². The van der Waals surface area contributed by atoms with Gasteiger partial charge in [-0.1, -0.05) is 6.92 Å². The molecule has 56 nitrogen and oxygen atoms in total. The second-order valence-corrected chi connectivity index (χ2v) is 37.9. The molecule has 14 rings (SSSR count). The zero-order valence-corrected chi connectivity index (χ0v) is 71.4. The molecule has 0 aliphatic carbocycles. The normalized spacial score (nSPS) is 32.3. The lowest BCUT2D eigenvalue weighted by Crippen LogP contribution is -2.40. The van der Waals surface area contributed by atoms with Crippen molar-refractivity contribution in [3.8, 4) is 0 Å². The van der Waals surface area contributed by atoms with E-state index in [1.807, 2.05) is 9.97 Å². The van der Waals surface area contributed by atoms with Crippen LogP contribution in [0.4, 0.5) is 32.2 Å². The Morgan fingerprint density at radius 1 is 0.437 bits per heavy atom. The van der Waals surface area contributed by atoms with Gasteiger partial charge in [0, 0.05) is 65.4 Å². The highest BCUT2D eigenvalue weighted by Crippen LogP contribution is 2.58. The standard InChI is InChI=1S/C61H79F2N20O36P5S2/c1-6-23-38(33(62)51(109-23)78-11-7-29(64)72-58(78)88)115-120(92,93)105-17-26-40(44(101-3)56(113-26)83-22-71-36-49(83)76-57(67)77-50(36)87)117-122(96,97)104-16-25-39(34(63)52(111-25)79-13-9-31(84)74-60(79)90)116-121(94,95)106-18-27-41(45(102-4)54(112-27)81-14-10-32(85)75-61(81)91)118-124(99,126)108-19-28-42(46(103-5)55(114-28)82-21-70-35-47(66)68-20-69-48(35)82)119-123(98,125)107-15-24-37(86)43(100-2)53(110-24)80-12-8-30(65)73-59(80)89/h7-14,20-28,33-34,37-46,51-56,86H,6,15-19H2,1-5H3,(H,92,93)(H,94,95)(H,96,97)(H,98,125)(H,99,126)(H2,64,72,88)(H2,65,73,89)(H2,66,68,69)(H,74,84,90)(H,75,85,91)(H3,67,76,77,87)/t23-,24-,25-,26-,27-,28-,33+,34+,37?,38?,39?,40?,41?,42?,43+,44+,45+,46+,51-,52-,53-,54-,55-,56-,123?,124?/m1/s1. The topological polar surface area (TPSA) is 748 Å². The van der Waals surface area contributed by atoms with E-state index in [1.54, 1.807) is 0 Å². The Hall–Kier alpha value is -7.97. The molecule has 11 unspecified atom stereocenters. The quantitative estimate of drug-likeness (QED) is 0.0170. The zero-order valence-electron chi connectivity index (χ0n) is 65.3. The van der Waals surface area contributed by atoms with Crippen molar-refractivity contribution in [2.75, 3.05) is 84.4 Å². The van der Waals surface area contributed by atoms with E-state index in [9.17, 15) is 76.8 Å². The second kappa shape index (κ2) is 37.8. The summed E-state index contributed by atoms with van der Waals surface area (Å²) in [6, 6.07) is 4.05. The van der Waals surface area contributed by atoms with E-state index in [-0.39, 0.29) is 46.2 Å². The monoisotopic (exact) mass is 1920 g/mol. The van der Waals surface area contributed by atoms with Gasteiger partial charge in [0.1, 0.15) is 115 Å². The number of halogens is 2. The fourth-order valence-electron chi connectivity index (χ4n) is 14.7. The number of imidazole rings is 2. The Balaban J connectivity index is 0.699. The average Bonchev–Trinajstić information content (AvgIpc) is 1.65. The zero-order chi connectivity index (χ0) is 90.7.